The number of carbonyl (C=O) groups excluding carboxylic acids is 1. The van der Waals surface area contributed by atoms with Gasteiger partial charge in [0.1, 0.15) is 11.3 Å². The summed E-state index contributed by atoms with van der Waals surface area (Å²) >= 11 is 0. The van der Waals surface area contributed by atoms with E-state index in [1.54, 1.807) is 36.4 Å². The van der Waals surface area contributed by atoms with Crippen LogP contribution in [0.3, 0.4) is 0 Å². The number of fused-ring (bicyclic) bond motifs is 1. The zero-order valence-electron chi connectivity index (χ0n) is 17.4. The quantitative estimate of drug-likeness (QED) is 0.257. The Hall–Kier alpha value is -4.72. The van der Waals surface area contributed by atoms with E-state index in [9.17, 15) is 14.9 Å². The lowest BCUT2D eigenvalue weighted by Gasteiger charge is -2.03. The van der Waals surface area contributed by atoms with Gasteiger partial charge in [0.05, 0.1) is 10.5 Å². The molecule has 8 nitrogen and oxygen atoms in total. The molecule has 0 aliphatic carbocycles. The van der Waals surface area contributed by atoms with Gasteiger partial charge < -0.3 is 14.2 Å². The second-order valence-electron chi connectivity index (χ2n) is 7.46. The first kappa shape index (κ1) is 20.2. The molecule has 0 saturated heterocycles. The number of nitrogens with zero attached hydrogens (tertiary/aromatic N) is 2. The number of hydrogen-bond acceptors (Lipinski definition) is 6. The minimum Gasteiger partial charge on any atom is -0.451 e. The highest BCUT2D eigenvalue weighted by Gasteiger charge is 2.19. The van der Waals surface area contributed by atoms with Crippen molar-refractivity contribution in [2.45, 2.75) is 6.92 Å². The molecule has 0 saturated carbocycles. The van der Waals surface area contributed by atoms with Crippen molar-refractivity contribution in [3.63, 3.8) is 0 Å². The average molecular weight is 439 g/mol. The second-order valence-corrected chi connectivity index (χ2v) is 7.46. The Bertz CT molecular complexity index is 1520. The summed E-state index contributed by atoms with van der Waals surface area (Å²) in [7, 11) is 0. The van der Waals surface area contributed by atoms with Crippen LogP contribution >= 0.6 is 0 Å². The number of amides is 1. The molecule has 0 aliphatic rings. The number of hydrogen-bond donors (Lipinski definition) is 1. The first-order valence-electron chi connectivity index (χ1n) is 10.1. The molecule has 0 unspecified atom stereocenters. The highest BCUT2D eigenvalue weighted by molar-refractivity contribution is 6.03. The van der Waals surface area contributed by atoms with Crippen molar-refractivity contribution >= 4 is 28.4 Å². The number of aryl methyl sites for hydroxylation is 1. The van der Waals surface area contributed by atoms with Gasteiger partial charge in [0.25, 0.3) is 11.6 Å². The van der Waals surface area contributed by atoms with E-state index in [1.807, 2.05) is 31.2 Å². The molecule has 2 heterocycles. The molecule has 8 heteroatoms. The van der Waals surface area contributed by atoms with Crippen molar-refractivity contribution in [3.05, 3.63) is 100 Å². The minimum absolute atomic E-state index is 0.0313. The predicted molar refractivity (Wildman–Crippen MR) is 123 cm³/mol. The van der Waals surface area contributed by atoms with Crippen LogP contribution in [0.15, 0.2) is 87.7 Å². The maximum atomic E-state index is 12.7. The van der Waals surface area contributed by atoms with Crippen LogP contribution in [0.2, 0.25) is 0 Å². The van der Waals surface area contributed by atoms with Gasteiger partial charge in [-0.15, -0.1) is 0 Å². The number of anilines is 1. The third-order valence-electron chi connectivity index (χ3n) is 5.11. The molecule has 3 aromatic carbocycles. The molecule has 0 atom stereocenters. The standard InChI is InChI=1S/C25H17N3O5/c1-15-5-4-6-16(13-15)25-27-19-14-17(9-10-22(19)33-25)26-24(29)23-12-11-21(32-23)18-7-2-3-8-20(18)28(30)31/h2-14H,1H3,(H,26,29). The SMILES string of the molecule is Cc1cccc(-c2nc3cc(NC(=O)c4ccc(-c5ccccc5[N+](=O)[O-])o4)ccc3o2)c1. The number of nitro benzene ring substituents is 1. The van der Waals surface area contributed by atoms with Gasteiger partial charge in [-0.2, -0.15) is 0 Å². The van der Waals surface area contributed by atoms with Gasteiger partial charge in [0, 0.05) is 17.3 Å². The van der Waals surface area contributed by atoms with E-state index in [4.69, 9.17) is 8.83 Å². The van der Waals surface area contributed by atoms with Crippen LogP contribution in [0.1, 0.15) is 16.1 Å². The number of nitrogens with one attached hydrogen (secondary N) is 1. The van der Waals surface area contributed by atoms with E-state index in [0.29, 0.717) is 28.2 Å². The molecule has 33 heavy (non-hydrogen) atoms. The Morgan fingerprint density at radius 2 is 1.82 bits per heavy atom. The summed E-state index contributed by atoms with van der Waals surface area (Å²) in [5.41, 5.74) is 3.89. The van der Waals surface area contributed by atoms with Gasteiger partial charge in [0.2, 0.25) is 5.89 Å². The Morgan fingerprint density at radius 1 is 0.970 bits per heavy atom. The molecule has 0 spiro atoms. The van der Waals surface area contributed by atoms with E-state index < -0.39 is 10.8 Å². The van der Waals surface area contributed by atoms with E-state index in [1.165, 1.54) is 18.2 Å². The maximum absolute atomic E-state index is 12.7. The van der Waals surface area contributed by atoms with Gasteiger partial charge in [-0.1, -0.05) is 29.8 Å². The summed E-state index contributed by atoms with van der Waals surface area (Å²) in [4.78, 5) is 28.0. The molecule has 0 bridgehead atoms. The first-order valence-corrected chi connectivity index (χ1v) is 10.1. The molecule has 0 aliphatic heterocycles. The van der Waals surface area contributed by atoms with Crippen molar-refractivity contribution in [2.75, 3.05) is 5.32 Å². The van der Waals surface area contributed by atoms with Crippen molar-refractivity contribution in [1.29, 1.82) is 0 Å². The molecule has 2 aromatic heterocycles. The number of benzene rings is 3. The number of rotatable bonds is 5. The fourth-order valence-corrected chi connectivity index (χ4v) is 3.55. The summed E-state index contributed by atoms with van der Waals surface area (Å²) in [6, 6.07) is 22.2. The topological polar surface area (TPSA) is 111 Å². The van der Waals surface area contributed by atoms with Crippen LogP contribution in [0.25, 0.3) is 33.9 Å². The number of aromatic nitrogens is 1. The van der Waals surface area contributed by atoms with Crippen molar-refractivity contribution in [1.82, 2.24) is 4.98 Å². The smallest absolute Gasteiger partial charge is 0.291 e. The Kier molecular flexibility index (Phi) is 4.95. The number of para-hydroxylation sites is 1. The number of furan rings is 1. The third kappa shape index (κ3) is 3.97. The normalized spacial score (nSPS) is 10.9. The first-order chi connectivity index (χ1) is 16.0. The van der Waals surface area contributed by atoms with Gasteiger partial charge >= 0.3 is 0 Å². The zero-order chi connectivity index (χ0) is 22.9. The maximum Gasteiger partial charge on any atom is 0.291 e. The van der Waals surface area contributed by atoms with Crippen molar-refractivity contribution < 1.29 is 18.6 Å². The van der Waals surface area contributed by atoms with Crippen LogP contribution in [0.5, 0.6) is 0 Å². The van der Waals surface area contributed by atoms with Gasteiger partial charge in [-0.3, -0.25) is 14.9 Å². The summed E-state index contributed by atoms with van der Waals surface area (Å²) < 4.78 is 11.4. The summed E-state index contributed by atoms with van der Waals surface area (Å²) in [6.07, 6.45) is 0. The van der Waals surface area contributed by atoms with Crippen LogP contribution in [0, 0.1) is 17.0 Å². The van der Waals surface area contributed by atoms with Crippen LogP contribution in [-0.2, 0) is 0 Å². The molecular formula is C25H17N3O5. The highest BCUT2D eigenvalue weighted by Crippen LogP contribution is 2.31. The second kappa shape index (κ2) is 8.08. The lowest BCUT2D eigenvalue weighted by Crippen LogP contribution is -2.10. The van der Waals surface area contributed by atoms with E-state index in [-0.39, 0.29) is 17.2 Å². The molecular weight excluding hydrogens is 422 g/mol. The number of nitro groups is 1. The largest absolute Gasteiger partial charge is 0.451 e. The molecule has 1 N–H and O–H groups in total. The average Bonchev–Trinajstić information content (AvgIpc) is 3.46. The third-order valence-corrected chi connectivity index (χ3v) is 5.11. The fourth-order valence-electron chi connectivity index (χ4n) is 3.55. The lowest BCUT2D eigenvalue weighted by atomic mass is 10.1. The van der Waals surface area contributed by atoms with E-state index in [2.05, 4.69) is 10.3 Å². The fraction of sp³-hybridized carbons (Fsp3) is 0.0400. The molecule has 162 valence electrons. The van der Waals surface area contributed by atoms with E-state index in [0.717, 1.165) is 11.1 Å². The monoisotopic (exact) mass is 439 g/mol. The Balaban J connectivity index is 1.38. The lowest BCUT2D eigenvalue weighted by molar-refractivity contribution is -0.384. The van der Waals surface area contributed by atoms with Crippen LogP contribution in [0.4, 0.5) is 11.4 Å². The number of oxazole rings is 1. The van der Waals surface area contributed by atoms with Crippen molar-refractivity contribution in [3.8, 4) is 22.8 Å². The molecule has 0 fully saturated rings. The van der Waals surface area contributed by atoms with Crippen LogP contribution in [-0.4, -0.2) is 15.8 Å². The van der Waals surface area contributed by atoms with Gasteiger partial charge in [0.15, 0.2) is 11.3 Å². The molecule has 5 rings (SSSR count). The molecule has 0 radical (unpaired) electrons. The van der Waals surface area contributed by atoms with Crippen molar-refractivity contribution in [2.24, 2.45) is 0 Å². The highest BCUT2D eigenvalue weighted by atomic mass is 16.6. The number of carbonyl (C=O) groups is 1. The van der Waals surface area contributed by atoms with E-state index >= 15 is 0 Å². The summed E-state index contributed by atoms with van der Waals surface area (Å²) in [5.74, 6) is 0.282. The summed E-state index contributed by atoms with van der Waals surface area (Å²) in [6.45, 7) is 2.00. The zero-order valence-corrected chi connectivity index (χ0v) is 17.4. The molecule has 1 amide bonds. The molecule has 5 aromatic rings. The summed E-state index contributed by atoms with van der Waals surface area (Å²) in [5, 5.41) is 14.0. The van der Waals surface area contributed by atoms with Gasteiger partial charge in [-0.25, -0.2) is 4.98 Å². The van der Waals surface area contributed by atoms with Gasteiger partial charge in [-0.05, 0) is 55.5 Å². The predicted octanol–water partition coefficient (Wildman–Crippen LogP) is 6.22. The minimum atomic E-state index is -0.490. The Labute approximate surface area is 187 Å². The Morgan fingerprint density at radius 3 is 2.64 bits per heavy atom. The van der Waals surface area contributed by atoms with Crippen LogP contribution < -0.4 is 5.32 Å².